The van der Waals surface area contributed by atoms with Crippen LogP contribution < -0.4 is 31.3 Å². The summed E-state index contributed by atoms with van der Waals surface area (Å²) < 4.78 is 21.7. The molecule has 0 radical (unpaired) electrons. The first-order valence-electron chi connectivity index (χ1n) is 15.5. The Morgan fingerprint density at radius 1 is 1.20 bits per heavy atom. The molecule has 0 saturated carbocycles. The van der Waals surface area contributed by atoms with Crippen LogP contribution in [0.4, 0.5) is 4.79 Å². The Balaban J connectivity index is 1.43. The van der Waals surface area contributed by atoms with Gasteiger partial charge in [-0.15, -0.1) is 0 Å². The maximum atomic E-state index is 14.4. The Hall–Kier alpha value is -4.08. The molecule has 0 aliphatic carbocycles. The van der Waals surface area contributed by atoms with E-state index in [0.29, 0.717) is 36.6 Å². The van der Waals surface area contributed by atoms with Gasteiger partial charge in [0, 0.05) is 18.4 Å². The standard InChI is InChI=1S/C31H43N5O10/c1-5-6-19(24(37)26(32)38)33-27(39)21-13-31(12-20(35-46-31)17-7-8-22-23(11-17)44-16-43-22)15-36(21)28(40)25(30(2,3)4)34-29(41)45-18-9-10-42-14-18/h7-8,11-12,18-19,21,24-25,35,37H,5-6,9-10,13-16H2,1-4H3,(H2,32,38)(H,33,39)(H,34,41)/t18-,19?,21-,24?,25+,31+/m0/s1. The molecule has 2 unspecified atom stereocenters. The van der Waals surface area contributed by atoms with Crippen molar-refractivity contribution in [2.45, 2.75) is 89.3 Å². The number of hydrogen-bond acceptors (Lipinski definition) is 11. The fraction of sp³-hybridized carbons (Fsp3) is 0.613. The number of aliphatic hydroxyl groups excluding tert-OH is 1. The van der Waals surface area contributed by atoms with Crippen LogP contribution >= 0.6 is 0 Å². The average molecular weight is 646 g/mol. The molecule has 6 atom stereocenters. The molecule has 2 saturated heterocycles. The Morgan fingerprint density at radius 2 is 1.96 bits per heavy atom. The molecule has 4 amide bonds. The Kier molecular flexibility index (Phi) is 9.65. The molecule has 15 heteroatoms. The third-order valence-electron chi connectivity index (χ3n) is 8.53. The van der Waals surface area contributed by atoms with Crippen LogP contribution in [-0.4, -0.2) is 96.3 Å². The molecule has 0 aromatic heterocycles. The summed E-state index contributed by atoms with van der Waals surface area (Å²) in [5.41, 5.74) is 7.71. The van der Waals surface area contributed by atoms with Gasteiger partial charge in [0.15, 0.2) is 17.6 Å². The number of nitrogens with zero attached hydrogens (tertiary/aromatic N) is 1. The van der Waals surface area contributed by atoms with E-state index in [1.807, 2.05) is 19.1 Å². The van der Waals surface area contributed by atoms with Crippen molar-refractivity contribution >= 4 is 29.5 Å². The van der Waals surface area contributed by atoms with Crippen LogP contribution in [-0.2, 0) is 28.7 Å². The number of fused-ring (bicyclic) bond motifs is 1. The lowest BCUT2D eigenvalue weighted by Crippen LogP contribution is -2.59. The second-order valence-corrected chi connectivity index (χ2v) is 13.2. The number of nitrogens with one attached hydrogen (secondary N) is 3. The topological polar surface area (TPSA) is 200 Å². The number of nitrogens with two attached hydrogens (primary N) is 1. The van der Waals surface area contributed by atoms with Crippen molar-refractivity contribution in [3.8, 4) is 11.5 Å². The minimum Gasteiger partial charge on any atom is -0.454 e. The number of amides is 4. The van der Waals surface area contributed by atoms with Gasteiger partial charge >= 0.3 is 6.09 Å². The van der Waals surface area contributed by atoms with Gasteiger partial charge in [0.2, 0.25) is 24.5 Å². The molecule has 1 aromatic carbocycles. The van der Waals surface area contributed by atoms with Crippen LogP contribution in [0, 0.1) is 5.41 Å². The molecule has 2 fully saturated rings. The fourth-order valence-corrected chi connectivity index (χ4v) is 6.05. The molecular weight excluding hydrogens is 602 g/mol. The molecule has 0 bridgehead atoms. The average Bonchev–Trinajstić information content (AvgIpc) is 3.82. The van der Waals surface area contributed by atoms with E-state index in [2.05, 4.69) is 16.1 Å². The Morgan fingerprint density at radius 3 is 2.63 bits per heavy atom. The highest BCUT2D eigenvalue weighted by molar-refractivity contribution is 5.93. The van der Waals surface area contributed by atoms with Crippen molar-refractivity contribution in [1.82, 2.24) is 21.0 Å². The predicted octanol–water partition coefficient (Wildman–Crippen LogP) is 0.692. The van der Waals surface area contributed by atoms with Crippen molar-refractivity contribution in [2.24, 2.45) is 11.1 Å². The molecule has 5 rings (SSSR count). The lowest BCUT2D eigenvalue weighted by Gasteiger charge is -2.35. The summed E-state index contributed by atoms with van der Waals surface area (Å²) in [6.07, 6.45) is 0.415. The zero-order chi connectivity index (χ0) is 33.2. The second-order valence-electron chi connectivity index (χ2n) is 13.2. The quantitative estimate of drug-likeness (QED) is 0.240. The Bertz CT molecular complexity index is 1370. The Labute approximate surface area is 267 Å². The number of carbonyl (C=O) groups is 4. The molecule has 15 nitrogen and oxygen atoms in total. The van der Waals surface area contributed by atoms with Gasteiger partial charge in [0.25, 0.3) is 0 Å². The third kappa shape index (κ3) is 7.16. The maximum absolute atomic E-state index is 14.4. The van der Waals surface area contributed by atoms with Crippen molar-refractivity contribution in [3.63, 3.8) is 0 Å². The molecular formula is C31H43N5O10. The zero-order valence-corrected chi connectivity index (χ0v) is 26.5. The van der Waals surface area contributed by atoms with E-state index in [9.17, 15) is 24.3 Å². The number of benzene rings is 1. The summed E-state index contributed by atoms with van der Waals surface area (Å²) in [6.45, 7) is 8.05. The number of carbonyl (C=O) groups excluding carboxylic acids is 4. The van der Waals surface area contributed by atoms with E-state index in [-0.39, 0.29) is 32.8 Å². The lowest BCUT2D eigenvalue weighted by molar-refractivity contribution is -0.143. The van der Waals surface area contributed by atoms with E-state index in [1.165, 1.54) is 4.90 Å². The summed E-state index contributed by atoms with van der Waals surface area (Å²) in [5.74, 6) is -0.910. The number of hydroxylamine groups is 1. The number of rotatable bonds is 10. The molecule has 4 heterocycles. The van der Waals surface area contributed by atoms with Crippen molar-refractivity contribution in [1.29, 1.82) is 0 Å². The van der Waals surface area contributed by atoms with Gasteiger partial charge in [-0.05, 0) is 36.1 Å². The van der Waals surface area contributed by atoms with Gasteiger partial charge in [0.05, 0.1) is 31.5 Å². The lowest BCUT2D eigenvalue weighted by atomic mass is 9.85. The number of aliphatic hydroxyl groups is 1. The molecule has 6 N–H and O–H groups in total. The van der Waals surface area contributed by atoms with Gasteiger partial charge < -0.3 is 45.3 Å². The number of ether oxygens (including phenoxy) is 4. The molecule has 1 aromatic rings. The van der Waals surface area contributed by atoms with Crippen molar-refractivity contribution < 1.29 is 48.1 Å². The largest absolute Gasteiger partial charge is 0.454 e. The third-order valence-corrected chi connectivity index (χ3v) is 8.53. The number of likely N-dealkylation sites (tertiary alicyclic amines) is 1. The van der Waals surface area contributed by atoms with E-state index >= 15 is 0 Å². The summed E-state index contributed by atoms with van der Waals surface area (Å²) >= 11 is 0. The molecule has 252 valence electrons. The predicted molar refractivity (Wildman–Crippen MR) is 162 cm³/mol. The van der Waals surface area contributed by atoms with Crippen LogP contribution in [0.15, 0.2) is 24.3 Å². The van der Waals surface area contributed by atoms with E-state index in [1.54, 1.807) is 32.9 Å². The number of primary amides is 1. The maximum Gasteiger partial charge on any atom is 0.408 e. The number of hydrogen-bond donors (Lipinski definition) is 5. The minimum absolute atomic E-state index is 0.0395. The second kappa shape index (κ2) is 13.3. The van der Waals surface area contributed by atoms with E-state index < -0.39 is 65.2 Å². The van der Waals surface area contributed by atoms with Crippen LogP contribution in [0.5, 0.6) is 11.5 Å². The van der Waals surface area contributed by atoms with Crippen LogP contribution in [0.2, 0.25) is 0 Å². The first-order chi connectivity index (χ1) is 21.8. The molecule has 1 spiro atoms. The summed E-state index contributed by atoms with van der Waals surface area (Å²) in [5, 5.41) is 15.9. The zero-order valence-electron chi connectivity index (χ0n) is 26.5. The van der Waals surface area contributed by atoms with Crippen LogP contribution in [0.3, 0.4) is 0 Å². The van der Waals surface area contributed by atoms with Gasteiger partial charge in [-0.25, -0.2) is 4.79 Å². The van der Waals surface area contributed by atoms with Crippen LogP contribution in [0.25, 0.3) is 5.70 Å². The molecule has 4 aliphatic heterocycles. The first-order valence-corrected chi connectivity index (χ1v) is 15.5. The SMILES string of the molecule is CCCC(NC(=O)[C@@H]1C[C@]2(C=C(c3ccc4c(c3)OCO4)NO2)CN1C(=O)[C@@H](NC(=O)O[C@H]1CCOC1)C(C)(C)C)C(O)C(N)=O. The monoisotopic (exact) mass is 645 g/mol. The summed E-state index contributed by atoms with van der Waals surface area (Å²) in [7, 11) is 0. The highest BCUT2D eigenvalue weighted by atomic mass is 16.7. The molecule has 46 heavy (non-hydrogen) atoms. The highest BCUT2D eigenvalue weighted by Gasteiger charge is 2.54. The normalized spacial score (nSPS) is 25.4. The summed E-state index contributed by atoms with van der Waals surface area (Å²) in [6, 6.07) is 2.27. The van der Waals surface area contributed by atoms with E-state index in [0.717, 1.165) is 5.56 Å². The van der Waals surface area contributed by atoms with Gasteiger partial charge in [-0.3, -0.25) is 24.7 Å². The van der Waals surface area contributed by atoms with Gasteiger partial charge in [-0.2, -0.15) is 0 Å². The minimum atomic E-state index is -1.62. The number of alkyl carbamates (subject to hydrolysis) is 1. The van der Waals surface area contributed by atoms with Crippen molar-refractivity contribution in [3.05, 3.63) is 29.8 Å². The van der Waals surface area contributed by atoms with Gasteiger partial charge in [0.1, 0.15) is 23.8 Å². The van der Waals surface area contributed by atoms with Gasteiger partial charge in [-0.1, -0.05) is 34.1 Å². The fourth-order valence-electron chi connectivity index (χ4n) is 6.05. The molecule has 4 aliphatic rings. The smallest absolute Gasteiger partial charge is 0.408 e. The van der Waals surface area contributed by atoms with Crippen molar-refractivity contribution in [2.75, 3.05) is 26.6 Å². The van der Waals surface area contributed by atoms with E-state index in [4.69, 9.17) is 29.5 Å². The highest BCUT2D eigenvalue weighted by Crippen LogP contribution is 2.41. The summed E-state index contributed by atoms with van der Waals surface area (Å²) in [4.78, 5) is 60.4. The van der Waals surface area contributed by atoms with Crippen LogP contribution in [0.1, 0.15) is 58.9 Å². The first kappa shape index (κ1) is 33.3.